The number of alkyl halides is 6. The molecule has 0 spiro atoms. The van der Waals surface area contributed by atoms with Gasteiger partial charge >= 0.3 is 0 Å². The van der Waals surface area contributed by atoms with E-state index >= 15 is 8.78 Å². The Hall–Kier alpha value is -4.10. The Balaban J connectivity index is 1.21. The van der Waals surface area contributed by atoms with Crippen LogP contribution in [0.3, 0.4) is 0 Å². The number of nitrogens with one attached hydrogen (secondary N) is 2. The normalized spacial score (nSPS) is 19.9. The molecule has 3 fully saturated rings. The van der Waals surface area contributed by atoms with E-state index in [1.54, 1.807) is 19.9 Å². The minimum atomic E-state index is -4.13. The lowest BCUT2D eigenvalue weighted by Gasteiger charge is -2.26. The van der Waals surface area contributed by atoms with Gasteiger partial charge in [0.15, 0.2) is 15.7 Å². The highest BCUT2D eigenvalue weighted by Gasteiger charge is 2.67. The van der Waals surface area contributed by atoms with Crippen molar-refractivity contribution >= 4 is 76.7 Å². The van der Waals surface area contributed by atoms with Crippen LogP contribution < -0.4 is 10.0 Å². The van der Waals surface area contributed by atoms with Crippen molar-refractivity contribution in [2.24, 2.45) is 5.92 Å². The summed E-state index contributed by atoms with van der Waals surface area (Å²) in [5, 5.41) is 10.0. The Morgan fingerprint density at radius 1 is 0.971 bits per heavy atom. The number of amides is 1. The van der Waals surface area contributed by atoms with Crippen molar-refractivity contribution in [3.63, 3.8) is 0 Å². The van der Waals surface area contributed by atoms with E-state index in [9.17, 15) is 48.0 Å². The van der Waals surface area contributed by atoms with Crippen LogP contribution in [0.5, 0.6) is 0 Å². The molecule has 3 heterocycles. The van der Waals surface area contributed by atoms with E-state index < -0.39 is 120 Å². The lowest BCUT2D eigenvalue weighted by atomic mass is 9.93. The number of sulfone groups is 1. The van der Waals surface area contributed by atoms with Crippen LogP contribution in [0.15, 0.2) is 36.4 Å². The molecule has 24 heteroatoms. The SMILES string of the molecule is CC1(S(=O)(=O)Nc2nn(CC(F)F)c3c(-c4cc(I)c(CCC(C)(C)S(=O)(=O)C5CC5)nc4[C@H](Cc4cc(F)cc(F)c4)NC(=O)Cn4nc(C(F)F)c5c4C(F)(F)C4C[C@H]54)ccc(Cl)c23)CC1. The van der Waals surface area contributed by atoms with Gasteiger partial charge < -0.3 is 5.32 Å². The second kappa shape index (κ2) is 17.0. The van der Waals surface area contributed by atoms with Crippen molar-refractivity contribution in [3.8, 4) is 11.1 Å². The molecule has 0 bridgehead atoms. The van der Waals surface area contributed by atoms with Gasteiger partial charge in [-0.3, -0.25) is 23.9 Å². The summed E-state index contributed by atoms with van der Waals surface area (Å²) in [6, 6.07) is 5.41. The van der Waals surface area contributed by atoms with Gasteiger partial charge in [-0.15, -0.1) is 0 Å². The summed E-state index contributed by atoms with van der Waals surface area (Å²) in [6.45, 7) is 2.62. The third kappa shape index (κ3) is 8.76. The molecule has 9 rings (SSSR count). The van der Waals surface area contributed by atoms with E-state index in [4.69, 9.17) is 16.6 Å². The van der Waals surface area contributed by atoms with Crippen LogP contribution in [0, 0.1) is 21.1 Å². The number of aromatic nitrogens is 5. The van der Waals surface area contributed by atoms with E-state index in [2.05, 4.69) is 20.2 Å². The first kappa shape index (κ1) is 48.9. The first-order valence-electron chi connectivity index (χ1n) is 21.7. The van der Waals surface area contributed by atoms with Gasteiger partial charge in [-0.2, -0.15) is 19.0 Å². The van der Waals surface area contributed by atoms with Crippen LogP contribution in [0.2, 0.25) is 5.02 Å². The maximum Gasteiger partial charge on any atom is 0.293 e. The zero-order valence-electron chi connectivity index (χ0n) is 36.4. The maximum absolute atomic E-state index is 15.6. The molecule has 1 unspecified atom stereocenters. The van der Waals surface area contributed by atoms with Crippen molar-refractivity contribution in [1.82, 2.24) is 29.9 Å². The fourth-order valence-electron chi connectivity index (χ4n) is 9.25. The van der Waals surface area contributed by atoms with E-state index in [-0.39, 0.29) is 74.6 Å². The van der Waals surface area contributed by atoms with Gasteiger partial charge in [-0.1, -0.05) is 17.7 Å². The summed E-state index contributed by atoms with van der Waals surface area (Å²) in [4.78, 5) is 19.2. The Labute approximate surface area is 404 Å². The van der Waals surface area contributed by atoms with Crippen LogP contribution in [0.25, 0.3) is 22.0 Å². The molecule has 2 aromatic carbocycles. The number of nitrogens with zero attached hydrogens (tertiary/aromatic N) is 5. The molecule has 0 saturated heterocycles. The molecule has 5 aromatic rings. The molecule has 0 aliphatic heterocycles. The summed E-state index contributed by atoms with van der Waals surface area (Å²) in [5.41, 5.74) is -1.80. The highest BCUT2D eigenvalue weighted by atomic mass is 127. The third-order valence-electron chi connectivity index (χ3n) is 13.5. The molecule has 3 saturated carbocycles. The number of benzene rings is 2. The van der Waals surface area contributed by atoms with Gasteiger partial charge in [0, 0.05) is 32.2 Å². The molecule has 1 amide bonds. The molecule has 3 aromatic heterocycles. The second-order valence-electron chi connectivity index (χ2n) is 18.9. The summed E-state index contributed by atoms with van der Waals surface area (Å²) in [6.07, 6.45) is -4.99. The van der Waals surface area contributed by atoms with Gasteiger partial charge in [0.25, 0.3) is 18.8 Å². The fraction of sp³-hybridized carbons (Fsp3) is 0.500. The van der Waals surface area contributed by atoms with Crippen LogP contribution in [-0.2, 0) is 56.5 Å². The zero-order chi connectivity index (χ0) is 49.2. The molecule has 68 heavy (non-hydrogen) atoms. The van der Waals surface area contributed by atoms with Crippen LogP contribution in [0.1, 0.15) is 112 Å². The van der Waals surface area contributed by atoms with Crippen LogP contribution in [-0.4, -0.2) is 68.5 Å². The van der Waals surface area contributed by atoms with Crippen LogP contribution >= 0.6 is 34.2 Å². The predicted octanol–water partition coefficient (Wildman–Crippen LogP) is 9.93. The predicted molar refractivity (Wildman–Crippen MR) is 244 cm³/mol. The van der Waals surface area contributed by atoms with Crippen molar-refractivity contribution in [3.05, 3.63) is 90.5 Å². The number of pyridine rings is 1. The molecule has 0 radical (unpaired) electrons. The zero-order valence-corrected chi connectivity index (χ0v) is 40.9. The molecular formula is C44H43ClF8IN7O5S2. The average molecular weight is 1130 g/mol. The summed E-state index contributed by atoms with van der Waals surface area (Å²) in [7, 11) is -7.73. The molecule has 4 aliphatic carbocycles. The third-order valence-corrected chi connectivity index (χ3v) is 20.1. The number of hydrogen-bond donors (Lipinski definition) is 2. The Morgan fingerprint density at radius 3 is 2.26 bits per heavy atom. The minimum absolute atomic E-state index is 0.0248. The standard InChI is InChI=1S/C44H43ClF8IN7O5S2/c1-42(2,67(63,64)23-4-5-23)9-8-30-29(54)17-25(24-6-7-28(45)35-38(24)60(18-32(48)49)58-41(35)59-68(65,66)43(3)10-11-43)36(56-30)31(14-20-12-21(46)15-22(47)13-20)55-33(62)19-61-39-34(37(57-61)40(50)51)26-16-27(26)44(39,52)53/h6-7,12-13,15,17,23,26-27,31-32,40H,4-5,8-11,14,16,18-19H2,1-3H3,(H,55,62)(H,58,59)/t26-,27?,31-/m0/s1. The Morgan fingerprint density at radius 2 is 1.65 bits per heavy atom. The quantitative estimate of drug-likeness (QED) is 0.0649. The van der Waals surface area contributed by atoms with E-state index in [1.165, 1.54) is 19.1 Å². The number of carbonyl (C=O) groups excluding carboxylic acids is 1. The second-order valence-corrected chi connectivity index (χ2v) is 25.6. The van der Waals surface area contributed by atoms with Crippen molar-refractivity contribution < 1.29 is 56.8 Å². The van der Waals surface area contributed by atoms with E-state index in [0.29, 0.717) is 40.0 Å². The lowest BCUT2D eigenvalue weighted by molar-refractivity contribution is -0.123. The topological polar surface area (TPSA) is 158 Å². The smallest absolute Gasteiger partial charge is 0.293 e. The van der Waals surface area contributed by atoms with Gasteiger partial charge in [-0.25, -0.2) is 43.2 Å². The first-order chi connectivity index (χ1) is 31.7. The Bertz CT molecular complexity index is 3110. The lowest BCUT2D eigenvalue weighted by Crippen LogP contribution is -2.36. The van der Waals surface area contributed by atoms with E-state index in [0.717, 1.165) is 16.8 Å². The number of anilines is 1. The number of halogens is 10. The Kier molecular flexibility index (Phi) is 12.3. The number of sulfonamides is 1. The molecule has 12 nitrogen and oxygen atoms in total. The molecule has 366 valence electrons. The first-order valence-corrected chi connectivity index (χ1v) is 26.2. The molecule has 4 aliphatic rings. The number of carbonyl (C=O) groups is 1. The van der Waals surface area contributed by atoms with Gasteiger partial charge in [0.1, 0.15) is 36.1 Å². The number of fused-ring (bicyclic) bond motifs is 4. The van der Waals surface area contributed by atoms with Crippen molar-refractivity contribution in [2.75, 3.05) is 4.72 Å². The summed E-state index contributed by atoms with van der Waals surface area (Å²) < 4.78 is 174. The largest absolute Gasteiger partial charge is 0.346 e. The number of aryl methyl sites for hydroxylation is 1. The van der Waals surface area contributed by atoms with Gasteiger partial charge in [-0.05, 0) is 130 Å². The summed E-state index contributed by atoms with van der Waals surface area (Å²) in [5.74, 6) is -9.10. The van der Waals surface area contributed by atoms with Crippen molar-refractivity contribution in [2.45, 2.75) is 131 Å². The fourth-order valence-corrected chi connectivity index (χ4v) is 13.5. The minimum Gasteiger partial charge on any atom is -0.346 e. The highest BCUT2D eigenvalue weighted by molar-refractivity contribution is 14.1. The number of rotatable bonds is 18. The van der Waals surface area contributed by atoms with Crippen LogP contribution in [0.4, 0.5) is 40.9 Å². The molecular weight excluding hydrogens is 1090 g/mol. The molecule has 3 atom stereocenters. The van der Waals surface area contributed by atoms with Gasteiger partial charge in [0.05, 0.1) is 48.1 Å². The maximum atomic E-state index is 15.6. The average Bonchev–Trinajstić information content (AvgIpc) is 4.16. The van der Waals surface area contributed by atoms with Gasteiger partial charge in [0.2, 0.25) is 15.9 Å². The monoisotopic (exact) mass is 1130 g/mol. The summed E-state index contributed by atoms with van der Waals surface area (Å²) >= 11 is 8.69. The van der Waals surface area contributed by atoms with Crippen molar-refractivity contribution in [1.29, 1.82) is 0 Å². The number of hydrogen-bond acceptors (Lipinski definition) is 8. The molecule has 2 N–H and O–H groups in total. The van der Waals surface area contributed by atoms with E-state index in [1.807, 2.05) is 22.6 Å². The highest BCUT2D eigenvalue weighted by Crippen LogP contribution is 2.68.